The molecule has 0 bridgehead atoms. The summed E-state index contributed by atoms with van der Waals surface area (Å²) in [4.78, 5) is 13.8. The summed E-state index contributed by atoms with van der Waals surface area (Å²) in [6.07, 6.45) is 0.876. The van der Waals surface area contributed by atoms with Gasteiger partial charge in [-0.3, -0.25) is 4.79 Å². The third kappa shape index (κ3) is 4.64. The summed E-state index contributed by atoms with van der Waals surface area (Å²) in [5.41, 5.74) is 5.46. The van der Waals surface area contributed by atoms with Crippen molar-refractivity contribution in [2.45, 2.75) is 38.9 Å². The van der Waals surface area contributed by atoms with E-state index in [4.69, 9.17) is 0 Å². The molecule has 0 spiro atoms. The van der Waals surface area contributed by atoms with E-state index in [1.54, 1.807) is 11.3 Å². The number of anilines is 1. The topological polar surface area (TPSA) is 59.8 Å². The number of para-hydroxylation sites is 1. The molecule has 0 radical (unpaired) electrons. The molecule has 0 saturated carbocycles. The highest BCUT2D eigenvalue weighted by Crippen LogP contribution is 2.39. The van der Waals surface area contributed by atoms with Crippen LogP contribution in [0, 0.1) is 6.92 Å². The molecule has 164 valence electrons. The minimum absolute atomic E-state index is 0.0422. The molecule has 2 aromatic heterocycles. The van der Waals surface area contributed by atoms with Gasteiger partial charge in [-0.2, -0.15) is 0 Å². The summed E-state index contributed by atoms with van der Waals surface area (Å²) < 4.78 is 2.09. The lowest BCUT2D eigenvalue weighted by molar-refractivity contribution is -0.113. The normalized spacial score (nSPS) is 11.0. The second-order valence-electron chi connectivity index (χ2n) is 7.34. The summed E-state index contributed by atoms with van der Waals surface area (Å²) in [6, 6.07) is 18.3. The number of amides is 1. The molecule has 0 saturated heterocycles. The third-order valence-electron chi connectivity index (χ3n) is 5.32. The van der Waals surface area contributed by atoms with E-state index in [-0.39, 0.29) is 11.7 Å². The number of benzene rings is 2. The van der Waals surface area contributed by atoms with Crippen LogP contribution in [0.15, 0.2) is 65.1 Å². The van der Waals surface area contributed by atoms with E-state index in [2.05, 4.69) is 70.5 Å². The third-order valence-corrected chi connectivity index (χ3v) is 7.19. The van der Waals surface area contributed by atoms with E-state index in [1.807, 2.05) is 30.3 Å². The Kier molecular flexibility index (Phi) is 7.07. The minimum atomic E-state index is -0.0422. The average molecular weight is 463 g/mol. The van der Waals surface area contributed by atoms with Gasteiger partial charge in [-0.25, -0.2) is 0 Å². The zero-order valence-corrected chi connectivity index (χ0v) is 20.1. The van der Waals surface area contributed by atoms with Crippen LogP contribution in [-0.2, 0) is 17.8 Å². The van der Waals surface area contributed by atoms with E-state index in [1.165, 1.54) is 27.8 Å². The Hall–Kier alpha value is -2.90. The van der Waals surface area contributed by atoms with Gasteiger partial charge in [0.15, 0.2) is 11.0 Å². The number of carbonyl (C=O) groups is 1. The molecule has 0 fully saturated rings. The van der Waals surface area contributed by atoms with E-state index in [9.17, 15) is 4.79 Å². The van der Waals surface area contributed by atoms with Crippen LogP contribution in [0.2, 0.25) is 0 Å². The Morgan fingerprint density at radius 3 is 2.56 bits per heavy atom. The molecule has 4 rings (SSSR count). The highest BCUT2D eigenvalue weighted by molar-refractivity contribution is 7.99. The van der Waals surface area contributed by atoms with Crippen LogP contribution in [0.25, 0.3) is 22.5 Å². The van der Waals surface area contributed by atoms with E-state index < -0.39 is 0 Å². The second-order valence-corrected chi connectivity index (χ2v) is 9.37. The largest absolute Gasteiger partial charge is 0.325 e. The molecule has 0 atom stereocenters. The van der Waals surface area contributed by atoms with Gasteiger partial charge in [0.2, 0.25) is 5.91 Å². The molecule has 32 heavy (non-hydrogen) atoms. The minimum Gasteiger partial charge on any atom is -0.325 e. The first-order valence-electron chi connectivity index (χ1n) is 10.7. The second kappa shape index (κ2) is 10.1. The maximum atomic E-state index is 12.6. The first-order valence-corrected chi connectivity index (χ1v) is 12.6. The van der Waals surface area contributed by atoms with Crippen LogP contribution in [0.3, 0.4) is 0 Å². The Labute approximate surface area is 196 Å². The molecule has 4 aromatic rings. The van der Waals surface area contributed by atoms with Gasteiger partial charge < -0.3 is 9.88 Å². The predicted octanol–water partition coefficient (Wildman–Crippen LogP) is 6.30. The maximum absolute atomic E-state index is 12.6. The summed E-state index contributed by atoms with van der Waals surface area (Å²) >= 11 is 3.14. The summed E-state index contributed by atoms with van der Waals surface area (Å²) in [6.45, 7) is 7.03. The van der Waals surface area contributed by atoms with Crippen LogP contribution in [0.5, 0.6) is 0 Å². The Morgan fingerprint density at radius 1 is 1.06 bits per heavy atom. The van der Waals surface area contributed by atoms with Gasteiger partial charge in [-0.1, -0.05) is 67.2 Å². The van der Waals surface area contributed by atoms with Crippen molar-refractivity contribution in [1.82, 2.24) is 14.8 Å². The molecule has 1 N–H and O–H groups in total. The van der Waals surface area contributed by atoms with Crippen molar-refractivity contribution >= 4 is 34.7 Å². The fourth-order valence-corrected chi connectivity index (χ4v) is 5.40. The highest BCUT2D eigenvalue weighted by atomic mass is 32.2. The zero-order chi connectivity index (χ0) is 22.5. The van der Waals surface area contributed by atoms with E-state index in [0.29, 0.717) is 0 Å². The molecule has 5 nitrogen and oxygen atoms in total. The summed E-state index contributed by atoms with van der Waals surface area (Å²) in [7, 11) is 0. The quantitative estimate of drug-likeness (QED) is 0.312. The van der Waals surface area contributed by atoms with Gasteiger partial charge >= 0.3 is 0 Å². The highest BCUT2D eigenvalue weighted by Gasteiger charge is 2.20. The molecular weight excluding hydrogens is 436 g/mol. The first kappa shape index (κ1) is 22.3. The van der Waals surface area contributed by atoms with Crippen molar-refractivity contribution in [2.75, 3.05) is 11.1 Å². The molecule has 1 amide bonds. The van der Waals surface area contributed by atoms with Gasteiger partial charge in [0.1, 0.15) is 0 Å². The fraction of sp³-hybridized carbons (Fsp3) is 0.240. The van der Waals surface area contributed by atoms with Gasteiger partial charge in [0.25, 0.3) is 0 Å². The number of thioether (sulfide) groups is 1. The van der Waals surface area contributed by atoms with Crippen molar-refractivity contribution in [3.05, 3.63) is 70.4 Å². The molecular formula is C25H26N4OS2. The van der Waals surface area contributed by atoms with Gasteiger partial charge in [-0.15, -0.1) is 21.5 Å². The van der Waals surface area contributed by atoms with Crippen LogP contribution >= 0.6 is 23.1 Å². The Morgan fingerprint density at radius 2 is 1.81 bits per heavy atom. The number of nitrogens with one attached hydrogen (secondary N) is 1. The molecule has 0 aliphatic heterocycles. The van der Waals surface area contributed by atoms with Crippen molar-refractivity contribution in [1.29, 1.82) is 0 Å². The lowest BCUT2D eigenvalue weighted by Crippen LogP contribution is -2.15. The average Bonchev–Trinajstić information content (AvgIpc) is 3.41. The molecule has 2 heterocycles. The number of aryl methyl sites for hydroxylation is 2. The maximum Gasteiger partial charge on any atom is 0.234 e. The summed E-state index contributed by atoms with van der Waals surface area (Å²) in [5.74, 6) is 1.08. The molecule has 7 heteroatoms. The van der Waals surface area contributed by atoms with Crippen molar-refractivity contribution in [2.24, 2.45) is 0 Å². The Balaban J connectivity index is 1.54. The zero-order valence-electron chi connectivity index (χ0n) is 18.5. The number of carbonyl (C=O) groups excluding carboxylic acids is 1. The lowest BCUT2D eigenvalue weighted by Gasteiger charge is -2.11. The van der Waals surface area contributed by atoms with Crippen LogP contribution in [0.1, 0.15) is 24.3 Å². The number of nitrogens with zero attached hydrogens (tertiary/aromatic N) is 3. The van der Waals surface area contributed by atoms with Crippen LogP contribution in [0.4, 0.5) is 5.69 Å². The van der Waals surface area contributed by atoms with Crippen molar-refractivity contribution in [3.8, 4) is 22.5 Å². The van der Waals surface area contributed by atoms with E-state index >= 15 is 0 Å². The Bertz CT molecular complexity index is 1210. The molecule has 0 unspecified atom stereocenters. The molecule has 0 aliphatic carbocycles. The smallest absolute Gasteiger partial charge is 0.234 e. The van der Waals surface area contributed by atoms with Crippen molar-refractivity contribution in [3.63, 3.8) is 0 Å². The number of thiophene rings is 1. The van der Waals surface area contributed by atoms with Crippen LogP contribution in [-0.4, -0.2) is 26.4 Å². The molecule has 0 aliphatic rings. The number of rotatable bonds is 8. The first-order chi connectivity index (χ1) is 15.6. The standard InChI is InChI=1S/C25H26N4OS2/c1-4-18-11-9-10-14-21(18)26-22(30)16-32-25-28-27-24(29(25)5-2)20-15-31-17(3)23(20)19-12-7-6-8-13-19/h6-15H,4-5,16H2,1-3H3,(H,26,30). The SMILES string of the molecule is CCc1ccccc1NC(=O)CSc1nnc(-c2csc(C)c2-c2ccccc2)n1CC. The van der Waals surface area contributed by atoms with E-state index in [0.717, 1.165) is 40.8 Å². The molecule has 2 aromatic carbocycles. The van der Waals surface area contributed by atoms with Gasteiger partial charge in [0.05, 0.1) is 5.75 Å². The number of hydrogen-bond donors (Lipinski definition) is 1. The van der Waals surface area contributed by atoms with Crippen LogP contribution < -0.4 is 5.32 Å². The van der Waals surface area contributed by atoms with Gasteiger partial charge in [0, 0.05) is 33.6 Å². The predicted molar refractivity (Wildman–Crippen MR) is 134 cm³/mol. The summed E-state index contributed by atoms with van der Waals surface area (Å²) in [5, 5.41) is 14.9. The van der Waals surface area contributed by atoms with Gasteiger partial charge in [-0.05, 0) is 37.5 Å². The fourth-order valence-electron chi connectivity index (χ4n) is 3.73. The van der Waals surface area contributed by atoms with Crippen molar-refractivity contribution < 1.29 is 4.79 Å². The number of aromatic nitrogens is 3. The number of hydrogen-bond acceptors (Lipinski definition) is 5. The monoisotopic (exact) mass is 462 g/mol. The lowest BCUT2D eigenvalue weighted by atomic mass is 10.0.